The fraction of sp³-hybridized carbons (Fsp3) is 0.286. The third-order valence-corrected chi connectivity index (χ3v) is 4.52. The topological polar surface area (TPSA) is 67.1 Å². The number of halogens is 1. The summed E-state index contributed by atoms with van der Waals surface area (Å²) in [5.74, 6) is 1.62. The molecule has 0 amide bonds. The van der Waals surface area contributed by atoms with E-state index in [1.807, 2.05) is 29.0 Å². The molecule has 0 radical (unpaired) electrons. The molecule has 2 aromatic heterocycles. The van der Waals surface area contributed by atoms with Crippen LogP contribution in [-0.4, -0.2) is 34.1 Å². The second-order valence-electron chi connectivity index (χ2n) is 7.02. The summed E-state index contributed by atoms with van der Waals surface area (Å²) in [7, 11) is 1.79. The first kappa shape index (κ1) is 21.9. The Morgan fingerprint density at radius 1 is 1.11 bits per heavy atom. The van der Waals surface area contributed by atoms with E-state index in [4.69, 9.17) is 0 Å². The molecule has 148 valence electrons. The van der Waals surface area contributed by atoms with Crippen molar-refractivity contribution in [3.63, 3.8) is 0 Å². The predicted molar refractivity (Wildman–Crippen MR) is 124 cm³/mol. The van der Waals surface area contributed by atoms with Crippen LogP contribution in [0.3, 0.4) is 0 Å². The van der Waals surface area contributed by atoms with Crippen molar-refractivity contribution in [1.29, 1.82) is 0 Å². The van der Waals surface area contributed by atoms with E-state index in [1.165, 1.54) is 5.56 Å². The molecule has 3 rings (SSSR count). The molecule has 6 nitrogen and oxygen atoms in total. The molecule has 0 atom stereocenters. The summed E-state index contributed by atoms with van der Waals surface area (Å²) in [4.78, 5) is 12.8. The molecular weight excluding hydrogens is 463 g/mol. The zero-order valence-electron chi connectivity index (χ0n) is 16.5. The van der Waals surface area contributed by atoms with Crippen molar-refractivity contribution in [2.75, 3.05) is 13.6 Å². The summed E-state index contributed by atoms with van der Waals surface area (Å²) in [6.07, 6.45) is 7.17. The molecule has 2 heterocycles. The van der Waals surface area contributed by atoms with E-state index < -0.39 is 0 Å². The minimum absolute atomic E-state index is 0. The van der Waals surface area contributed by atoms with Gasteiger partial charge in [0.2, 0.25) is 0 Å². The van der Waals surface area contributed by atoms with Gasteiger partial charge in [0.1, 0.15) is 12.1 Å². The van der Waals surface area contributed by atoms with Crippen LogP contribution >= 0.6 is 24.0 Å². The molecule has 0 aliphatic rings. The van der Waals surface area contributed by atoms with Crippen molar-refractivity contribution in [1.82, 2.24) is 25.2 Å². The molecule has 0 unspecified atom stereocenters. The van der Waals surface area contributed by atoms with E-state index in [9.17, 15) is 0 Å². The normalized spacial score (nSPS) is 11.6. The molecule has 7 heteroatoms. The lowest BCUT2D eigenvalue weighted by Gasteiger charge is -2.26. The number of guanidine groups is 1. The highest BCUT2D eigenvalue weighted by Gasteiger charge is 2.20. The van der Waals surface area contributed by atoms with Crippen molar-refractivity contribution in [3.8, 4) is 5.82 Å². The van der Waals surface area contributed by atoms with Gasteiger partial charge in [0.25, 0.3) is 0 Å². The maximum atomic E-state index is 4.38. The number of benzene rings is 1. The smallest absolute Gasteiger partial charge is 0.191 e. The first-order valence-electron chi connectivity index (χ1n) is 9.02. The summed E-state index contributed by atoms with van der Waals surface area (Å²) < 4.78 is 1.89. The second-order valence-corrected chi connectivity index (χ2v) is 7.02. The highest BCUT2D eigenvalue weighted by Crippen LogP contribution is 2.21. The fourth-order valence-electron chi connectivity index (χ4n) is 2.81. The molecule has 0 saturated heterocycles. The lowest BCUT2D eigenvalue weighted by atomic mass is 9.85. The van der Waals surface area contributed by atoms with Crippen LogP contribution in [0.5, 0.6) is 0 Å². The van der Waals surface area contributed by atoms with Gasteiger partial charge < -0.3 is 10.6 Å². The number of hydrogen-bond donors (Lipinski definition) is 2. The third-order valence-electron chi connectivity index (χ3n) is 4.52. The second kappa shape index (κ2) is 10.2. The zero-order chi connectivity index (χ0) is 19.1. The molecule has 0 aliphatic carbocycles. The van der Waals surface area contributed by atoms with Crippen LogP contribution in [0.15, 0.2) is 72.4 Å². The van der Waals surface area contributed by atoms with Gasteiger partial charge in [0.05, 0.1) is 0 Å². The number of nitrogens with one attached hydrogen (secondary N) is 2. The fourth-order valence-corrected chi connectivity index (χ4v) is 2.81. The molecule has 0 bridgehead atoms. The minimum atomic E-state index is 0. The van der Waals surface area contributed by atoms with Crippen molar-refractivity contribution < 1.29 is 0 Å². The number of aromatic nitrogens is 3. The van der Waals surface area contributed by atoms with Gasteiger partial charge >= 0.3 is 0 Å². The van der Waals surface area contributed by atoms with Gasteiger partial charge in [0, 0.05) is 44.1 Å². The molecule has 28 heavy (non-hydrogen) atoms. The monoisotopic (exact) mass is 490 g/mol. The predicted octanol–water partition coefficient (Wildman–Crippen LogP) is 3.53. The largest absolute Gasteiger partial charge is 0.356 e. The summed E-state index contributed by atoms with van der Waals surface area (Å²) in [6, 6.07) is 14.5. The SMILES string of the molecule is CN=C(NCc1ccnc(-n2ccnc2)c1)NCC(C)(C)c1ccccc1.I. The maximum absolute atomic E-state index is 4.38. The van der Waals surface area contributed by atoms with Crippen LogP contribution < -0.4 is 10.6 Å². The average molecular weight is 490 g/mol. The van der Waals surface area contributed by atoms with E-state index >= 15 is 0 Å². The quantitative estimate of drug-likeness (QED) is 0.315. The summed E-state index contributed by atoms with van der Waals surface area (Å²) in [5.41, 5.74) is 2.43. The molecule has 0 fully saturated rings. The number of nitrogens with zero attached hydrogens (tertiary/aromatic N) is 4. The summed E-state index contributed by atoms with van der Waals surface area (Å²) in [5, 5.41) is 6.80. The van der Waals surface area contributed by atoms with Gasteiger partial charge in [-0.1, -0.05) is 44.2 Å². The molecule has 0 spiro atoms. The number of hydrogen-bond acceptors (Lipinski definition) is 3. The molecule has 0 saturated carbocycles. The van der Waals surface area contributed by atoms with Crippen molar-refractivity contribution in [2.24, 2.45) is 4.99 Å². The highest BCUT2D eigenvalue weighted by atomic mass is 127. The zero-order valence-corrected chi connectivity index (χ0v) is 18.8. The van der Waals surface area contributed by atoms with Gasteiger partial charge in [-0.2, -0.15) is 0 Å². The molecule has 1 aromatic carbocycles. The van der Waals surface area contributed by atoms with Crippen LogP contribution in [0.25, 0.3) is 5.82 Å². The Morgan fingerprint density at radius 3 is 2.57 bits per heavy atom. The Labute approximate surface area is 183 Å². The Hall–Kier alpha value is -2.42. The molecule has 3 aromatic rings. The van der Waals surface area contributed by atoms with Crippen molar-refractivity contribution >= 4 is 29.9 Å². The van der Waals surface area contributed by atoms with Gasteiger partial charge in [-0.25, -0.2) is 9.97 Å². The highest BCUT2D eigenvalue weighted by molar-refractivity contribution is 14.0. The van der Waals surface area contributed by atoms with Crippen LogP contribution in [0.4, 0.5) is 0 Å². The Kier molecular flexibility index (Phi) is 7.98. The van der Waals surface area contributed by atoms with E-state index in [1.54, 1.807) is 25.8 Å². The van der Waals surface area contributed by atoms with Crippen molar-refractivity contribution in [2.45, 2.75) is 25.8 Å². The number of pyridine rings is 1. The van der Waals surface area contributed by atoms with Crippen molar-refractivity contribution in [3.05, 3.63) is 78.5 Å². The number of rotatable bonds is 6. The van der Waals surface area contributed by atoms with Gasteiger partial charge in [0.15, 0.2) is 5.96 Å². The molecule has 2 N–H and O–H groups in total. The standard InChI is InChI=1S/C21H26N6.HI/c1-21(2,18-7-5-4-6-8-18)15-26-20(22-3)25-14-17-9-10-24-19(13-17)27-12-11-23-16-27;/h4-13,16H,14-15H2,1-3H3,(H2,22,25,26);1H. The van der Waals surface area contributed by atoms with Gasteiger partial charge in [-0.05, 0) is 23.3 Å². The maximum Gasteiger partial charge on any atom is 0.191 e. The Morgan fingerprint density at radius 2 is 1.89 bits per heavy atom. The number of aliphatic imine (C=N–C) groups is 1. The summed E-state index contributed by atoms with van der Waals surface area (Å²) >= 11 is 0. The minimum Gasteiger partial charge on any atom is -0.356 e. The van der Waals surface area contributed by atoms with Crippen LogP contribution in [0.2, 0.25) is 0 Å². The first-order chi connectivity index (χ1) is 13.1. The van der Waals surface area contributed by atoms with E-state index in [2.05, 4.69) is 63.7 Å². The lowest BCUT2D eigenvalue weighted by molar-refractivity contribution is 0.508. The van der Waals surface area contributed by atoms with Crippen LogP contribution in [-0.2, 0) is 12.0 Å². The van der Waals surface area contributed by atoms with E-state index in [0.717, 1.165) is 23.9 Å². The molecule has 0 aliphatic heterocycles. The van der Waals surface area contributed by atoms with Gasteiger partial charge in [-0.15, -0.1) is 24.0 Å². The molecular formula is C21H27IN6. The average Bonchev–Trinajstić information content (AvgIpc) is 3.24. The van der Waals surface area contributed by atoms with Gasteiger partial charge in [-0.3, -0.25) is 9.56 Å². The Bertz CT molecular complexity index is 875. The van der Waals surface area contributed by atoms with E-state index in [-0.39, 0.29) is 29.4 Å². The van der Waals surface area contributed by atoms with Crippen LogP contribution in [0, 0.1) is 0 Å². The first-order valence-corrected chi connectivity index (χ1v) is 9.02. The summed E-state index contributed by atoms with van der Waals surface area (Å²) in [6.45, 7) is 5.90. The Balaban J connectivity index is 0.00000280. The number of imidazole rings is 1. The van der Waals surface area contributed by atoms with Crippen LogP contribution in [0.1, 0.15) is 25.0 Å². The van der Waals surface area contributed by atoms with E-state index in [0.29, 0.717) is 6.54 Å². The third kappa shape index (κ3) is 5.79. The lowest BCUT2D eigenvalue weighted by Crippen LogP contribution is -2.43.